The molecule has 1 aliphatic rings. The van der Waals surface area contributed by atoms with E-state index >= 15 is 0 Å². The smallest absolute Gasteiger partial charge is 0.354 e. The second kappa shape index (κ2) is 6.10. The molecule has 0 saturated carbocycles. The van der Waals surface area contributed by atoms with Crippen LogP contribution in [0.25, 0.3) is 0 Å². The van der Waals surface area contributed by atoms with Crippen molar-refractivity contribution in [2.75, 3.05) is 19.8 Å². The Morgan fingerprint density at radius 2 is 2.32 bits per heavy atom. The van der Waals surface area contributed by atoms with Crippen LogP contribution >= 0.6 is 0 Å². The van der Waals surface area contributed by atoms with Crippen molar-refractivity contribution >= 4 is 5.97 Å². The predicted molar refractivity (Wildman–Crippen MR) is 67.9 cm³/mol. The van der Waals surface area contributed by atoms with E-state index in [1.807, 2.05) is 11.8 Å². The topological polar surface area (TPSA) is 82.9 Å². The number of aliphatic hydroxyl groups excluding tert-OH is 1. The summed E-state index contributed by atoms with van der Waals surface area (Å²) in [4.78, 5) is 17.0. The average Bonchev–Trinajstić information content (AvgIpc) is 2.82. The molecule has 2 heterocycles. The van der Waals surface area contributed by atoms with E-state index in [2.05, 4.69) is 4.98 Å². The first-order chi connectivity index (χ1) is 9.11. The van der Waals surface area contributed by atoms with Crippen LogP contribution in [0.3, 0.4) is 0 Å². The fraction of sp³-hybridized carbons (Fsp3) is 0.538. The zero-order valence-corrected chi connectivity index (χ0v) is 10.8. The first-order valence-corrected chi connectivity index (χ1v) is 6.31. The van der Waals surface area contributed by atoms with Gasteiger partial charge >= 0.3 is 5.97 Å². The summed E-state index contributed by atoms with van der Waals surface area (Å²) in [6.07, 6.45) is -0.498. The van der Waals surface area contributed by atoms with E-state index < -0.39 is 12.1 Å². The number of aromatic carboxylic acids is 1. The molecule has 0 aromatic carbocycles. The molecule has 1 fully saturated rings. The van der Waals surface area contributed by atoms with Gasteiger partial charge in [-0.05, 0) is 18.7 Å². The lowest BCUT2D eigenvalue weighted by molar-refractivity contribution is 0.0686. The quantitative estimate of drug-likeness (QED) is 0.800. The Morgan fingerprint density at radius 1 is 1.53 bits per heavy atom. The Hall–Kier alpha value is -1.50. The minimum absolute atomic E-state index is 0.0387. The molecule has 6 heteroatoms. The molecule has 0 bridgehead atoms. The van der Waals surface area contributed by atoms with Crippen LogP contribution in [0.15, 0.2) is 18.2 Å². The van der Waals surface area contributed by atoms with Gasteiger partial charge in [0.05, 0.1) is 31.1 Å². The minimum atomic E-state index is -1.03. The van der Waals surface area contributed by atoms with Gasteiger partial charge in [0.25, 0.3) is 0 Å². The van der Waals surface area contributed by atoms with E-state index in [1.54, 1.807) is 12.1 Å². The molecule has 2 rings (SSSR count). The second-order valence-electron chi connectivity index (χ2n) is 4.55. The highest BCUT2D eigenvalue weighted by Gasteiger charge is 2.31. The number of carboxylic acid groups (broad SMARTS) is 1. The van der Waals surface area contributed by atoms with Crippen LogP contribution in [0.5, 0.6) is 0 Å². The minimum Gasteiger partial charge on any atom is -0.477 e. The second-order valence-corrected chi connectivity index (χ2v) is 4.55. The van der Waals surface area contributed by atoms with Crippen LogP contribution in [0.1, 0.15) is 23.1 Å². The summed E-state index contributed by atoms with van der Waals surface area (Å²) >= 11 is 0. The third kappa shape index (κ3) is 3.28. The van der Waals surface area contributed by atoms with E-state index in [1.165, 1.54) is 6.07 Å². The van der Waals surface area contributed by atoms with Gasteiger partial charge in [-0.1, -0.05) is 13.0 Å². The molecule has 0 amide bonds. The van der Waals surface area contributed by atoms with Gasteiger partial charge in [0.2, 0.25) is 0 Å². The molecule has 2 atom stereocenters. The zero-order valence-electron chi connectivity index (χ0n) is 10.8. The first-order valence-electron chi connectivity index (χ1n) is 6.31. The first kappa shape index (κ1) is 13.9. The fourth-order valence-corrected chi connectivity index (χ4v) is 2.24. The van der Waals surface area contributed by atoms with Crippen LogP contribution in [0.4, 0.5) is 0 Å². The van der Waals surface area contributed by atoms with Crippen LogP contribution in [0.2, 0.25) is 0 Å². The van der Waals surface area contributed by atoms with Crippen LogP contribution in [-0.4, -0.2) is 58.0 Å². The van der Waals surface area contributed by atoms with Crippen molar-refractivity contribution in [3.05, 3.63) is 29.6 Å². The maximum absolute atomic E-state index is 10.9. The largest absolute Gasteiger partial charge is 0.477 e. The number of aromatic nitrogens is 1. The number of rotatable bonds is 5. The molecule has 19 heavy (non-hydrogen) atoms. The van der Waals surface area contributed by atoms with E-state index in [4.69, 9.17) is 9.84 Å². The number of carbonyl (C=O) groups is 1. The lowest BCUT2D eigenvalue weighted by atomic mass is 10.1. The lowest BCUT2D eigenvalue weighted by Gasteiger charge is -2.28. The normalized spacial score (nSPS) is 22.9. The van der Waals surface area contributed by atoms with Crippen molar-refractivity contribution in [1.29, 1.82) is 0 Å². The lowest BCUT2D eigenvalue weighted by Crippen LogP contribution is -2.42. The Bertz CT molecular complexity index is 452. The molecule has 0 spiro atoms. The molecule has 6 nitrogen and oxygen atoms in total. The van der Waals surface area contributed by atoms with Crippen LogP contribution in [-0.2, 0) is 11.3 Å². The summed E-state index contributed by atoms with van der Waals surface area (Å²) < 4.78 is 5.25. The number of ether oxygens (including phenoxy) is 1. The van der Waals surface area contributed by atoms with Gasteiger partial charge in [-0.2, -0.15) is 0 Å². The summed E-state index contributed by atoms with van der Waals surface area (Å²) in [7, 11) is 0. The number of nitrogens with zero attached hydrogens (tertiary/aromatic N) is 2. The monoisotopic (exact) mass is 266 g/mol. The third-order valence-electron chi connectivity index (χ3n) is 3.29. The third-order valence-corrected chi connectivity index (χ3v) is 3.29. The van der Waals surface area contributed by atoms with Gasteiger partial charge in [0.1, 0.15) is 5.69 Å². The molecule has 104 valence electrons. The summed E-state index contributed by atoms with van der Waals surface area (Å²) in [5.74, 6) is -1.03. The van der Waals surface area contributed by atoms with Crippen molar-refractivity contribution in [2.24, 2.45) is 0 Å². The molecule has 0 radical (unpaired) electrons. The Balaban J connectivity index is 2.09. The van der Waals surface area contributed by atoms with Crippen molar-refractivity contribution in [3.63, 3.8) is 0 Å². The van der Waals surface area contributed by atoms with Gasteiger partial charge in [0.15, 0.2) is 0 Å². The van der Waals surface area contributed by atoms with Crippen molar-refractivity contribution in [3.8, 4) is 0 Å². The molecule has 2 N–H and O–H groups in total. The Morgan fingerprint density at radius 3 is 2.89 bits per heavy atom. The van der Waals surface area contributed by atoms with Crippen molar-refractivity contribution < 1.29 is 19.7 Å². The van der Waals surface area contributed by atoms with Crippen molar-refractivity contribution in [1.82, 2.24) is 9.88 Å². The van der Waals surface area contributed by atoms with Gasteiger partial charge in [0, 0.05) is 6.54 Å². The molecule has 1 aromatic heterocycles. The highest BCUT2D eigenvalue weighted by molar-refractivity contribution is 5.85. The van der Waals surface area contributed by atoms with Crippen molar-refractivity contribution in [2.45, 2.75) is 25.6 Å². The molecular formula is C13H18N2O4. The summed E-state index contributed by atoms with van der Waals surface area (Å²) in [6, 6.07) is 4.88. The van der Waals surface area contributed by atoms with E-state index in [0.717, 1.165) is 6.54 Å². The highest BCUT2D eigenvalue weighted by Crippen LogP contribution is 2.15. The zero-order chi connectivity index (χ0) is 13.8. The maximum atomic E-state index is 10.9. The predicted octanol–water partition coefficient (Wildman–Crippen LogP) is 0.361. The number of carboxylic acids is 1. The van der Waals surface area contributed by atoms with E-state index in [0.29, 0.717) is 25.5 Å². The number of likely N-dealkylation sites (N-methyl/N-ethyl adjacent to an activating group) is 1. The summed E-state index contributed by atoms with van der Waals surface area (Å²) in [5, 5.41) is 18.7. The number of aliphatic hydroxyl groups is 1. The number of hydrogen-bond donors (Lipinski definition) is 2. The Kier molecular flexibility index (Phi) is 4.47. The number of hydrogen-bond acceptors (Lipinski definition) is 5. The van der Waals surface area contributed by atoms with Crippen LogP contribution < -0.4 is 0 Å². The molecule has 0 aliphatic carbocycles. The standard InChI is InChI=1S/C13H18N2O4/c1-2-15(11-7-19-8-12(11)16)6-9-4-3-5-10(14-9)13(17)18/h3-5,11-12,16H,2,6-8H2,1H3,(H,17,18)/t11-,12-/m0/s1. The molecule has 1 aliphatic heterocycles. The SMILES string of the molecule is CCN(Cc1cccc(C(=O)O)n1)[C@H]1COC[C@@H]1O. The van der Waals surface area contributed by atoms with Gasteiger partial charge in [-0.3, -0.25) is 4.90 Å². The van der Waals surface area contributed by atoms with Gasteiger partial charge in [-0.15, -0.1) is 0 Å². The average molecular weight is 266 g/mol. The van der Waals surface area contributed by atoms with E-state index in [9.17, 15) is 9.90 Å². The molecule has 0 unspecified atom stereocenters. The Labute approximate surface area is 111 Å². The van der Waals surface area contributed by atoms with E-state index in [-0.39, 0.29) is 11.7 Å². The maximum Gasteiger partial charge on any atom is 0.354 e. The molecular weight excluding hydrogens is 248 g/mol. The van der Waals surface area contributed by atoms with Gasteiger partial charge < -0.3 is 14.9 Å². The molecule has 1 aromatic rings. The van der Waals surface area contributed by atoms with Gasteiger partial charge in [-0.25, -0.2) is 9.78 Å². The summed E-state index contributed by atoms with van der Waals surface area (Å²) in [6.45, 7) is 4.08. The van der Waals surface area contributed by atoms with Crippen LogP contribution in [0, 0.1) is 0 Å². The molecule has 1 saturated heterocycles. The summed E-state index contributed by atoms with van der Waals surface area (Å²) in [5.41, 5.74) is 0.720. The number of pyridine rings is 1. The highest BCUT2D eigenvalue weighted by atomic mass is 16.5. The fourth-order valence-electron chi connectivity index (χ4n) is 2.24.